The van der Waals surface area contributed by atoms with Gasteiger partial charge in [-0.05, 0) is 36.2 Å². The number of hydrogen-bond acceptors (Lipinski definition) is 6. The van der Waals surface area contributed by atoms with Gasteiger partial charge in [0.05, 0.1) is 14.2 Å². The van der Waals surface area contributed by atoms with E-state index < -0.39 is 0 Å². The summed E-state index contributed by atoms with van der Waals surface area (Å²) < 4.78 is 17.2. The molecule has 7 nitrogen and oxygen atoms in total. The summed E-state index contributed by atoms with van der Waals surface area (Å²) in [5.74, 6) is 2.22. The van der Waals surface area contributed by atoms with Crippen LogP contribution in [0.5, 0.6) is 11.5 Å². The van der Waals surface area contributed by atoms with E-state index in [-0.39, 0.29) is 11.9 Å². The minimum atomic E-state index is -0.236. The molecule has 1 saturated heterocycles. The first kappa shape index (κ1) is 19.4. The average molecular weight is 458 g/mol. The predicted molar refractivity (Wildman–Crippen MR) is 110 cm³/mol. The minimum absolute atomic E-state index is 0.0840. The second kappa shape index (κ2) is 8.24. The molecule has 3 aromatic rings. The fourth-order valence-electron chi connectivity index (χ4n) is 3.40. The normalized spacial score (nSPS) is 16.3. The van der Waals surface area contributed by atoms with Crippen LogP contribution in [0.1, 0.15) is 30.3 Å². The van der Waals surface area contributed by atoms with E-state index in [1.807, 2.05) is 36.4 Å². The van der Waals surface area contributed by atoms with Crippen molar-refractivity contribution in [3.8, 4) is 22.9 Å². The second-order valence-corrected chi connectivity index (χ2v) is 7.68. The van der Waals surface area contributed by atoms with Gasteiger partial charge in [-0.1, -0.05) is 33.2 Å². The van der Waals surface area contributed by atoms with E-state index in [1.165, 1.54) is 0 Å². The van der Waals surface area contributed by atoms with Crippen molar-refractivity contribution in [1.29, 1.82) is 0 Å². The monoisotopic (exact) mass is 457 g/mol. The maximum Gasteiger partial charge on any atom is 0.249 e. The third-order valence-electron chi connectivity index (χ3n) is 4.93. The number of amides is 1. The molecule has 0 spiro atoms. The lowest BCUT2D eigenvalue weighted by atomic mass is 10.1. The molecule has 1 fully saturated rings. The molecule has 29 heavy (non-hydrogen) atoms. The molecular weight excluding hydrogens is 438 g/mol. The van der Waals surface area contributed by atoms with Crippen LogP contribution in [0.4, 0.5) is 0 Å². The van der Waals surface area contributed by atoms with Gasteiger partial charge < -0.3 is 18.9 Å². The lowest BCUT2D eigenvalue weighted by Crippen LogP contribution is -2.27. The fourth-order valence-corrected chi connectivity index (χ4v) is 3.66. The second-order valence-electron chi connectivity index (χ2n) is 6.76. The van der Waals surface area contributed by atoms with E-state index in [2.05, 4.69) is 26.1 Å². The molecular formula is C21H20BrN3O4. The predicted octanol–water partition coefficient (Wildman–Crippen LogP) is 4.38. The number of carbonyl (C=O) groups is 1. The van der Waals surface area contributed by atoms with Crippen LogP contribution in [0.25, 0.3) is 11.4 Å². The average Bonchev–Trinajstić information content (AvgIpc) is 3.36. The van der Waals surface area contributed by atoms with Crippen molar-refractivity contribution >= 4 is 21.8 Å². The number of rotatable bonds is 6. The van der Waals surface area contributed by atoms with Gasteiger partial charge in [0.25, 0.3) is 0 Å². The highest BCUT2D eigenvalue weighted by Crippen LogP contribution is 2.35. The molecule has 1 atom stereocenters. The van der Waals surface area contributed by atoms with Crippen LogP contribution in [0.3, 0.4) is 0 Å². The van der Waals surface area contributed by atoms with Gasteiger partial charge in [0.2, 0.25) is 17.6 Å². The highest BCUT2D eigenvalue weighted by atomic mass is 79.9. The maximum absolute atomic E-state index is 12.5. The summed E-state index contributed by atoms with van der Waals surface area (Å²) in [7, 11) is 3.18. The van der Waals surface area contributed by atoms with E-state index >= 15 is 0 Å². The Hall–Kier alpha value is -2.87. The molecule has 1 aliphatic rings. The number of likely N-dealkylation sites (tertiary alicyclic amines) is 1. The zero-order valence-corrected chi connectivity index (χ0v) is 17.7. The molecule has 0 aliphatic carbocycles. The van der Waals surface area contributed by atoms with Crippen molar-refractivity contribution in [3.05, 3.63) is 58.4 Å². The SMILES string of the molecule is COc1cc(OC)cc(-c2noc(C3CCC(=O)N3Cc3ccc(Br)cc3)n2)c1. The van der Waals surface area contributed by atoms with E-state index in [1.54, 1.807) is 25.2 Å². The van der Waals surface area contributed by atoms with Crippen molar-refractivity contribution < 1.29 is 18.8 Å². The molecule has 2 heterocycles. The molecule has 4 rings (SSSR count). The number of carbonyl (C=O) groups excluding carboxylic acids is 1. The van der Waals surface area contributed by atoms with Crippen LogP contribution in [0.2, 0.25) is 0 Å². The number of hydrogen-bond donors (Lipinski definition) is 0. The maximum atomic E-state index is 12.5. The van der Waals surface area contributed by atoms with Gasteiger partial charge in [-0.3, -0.25) is 4.79 Å². The first-order valence-corrected chi connectivity index (χ1v) is 9.97. The fraction of sp³-hybridized carbons (Fsp3) is 0.286. The Morgan fingerprint density at radius 3 is 2.48 bits per heavy atom. The Kier molecular flexibility index (Phi) is 5.53. The van der Waals surface area contributed by atoms with Gasteiger partial charge in [-0.25, -0.2) is 0 Å². The summed E-state index contributed by atoms with van der Waals surface area (Å²) in [5.41, 5.74) is 1.77. The summed E-state index contributed by atoms with van der Waals surface area (Å²) in [5, 5.41) is 4.12. The van der Waals surface area contributed by atoms with Crippen molar-refractivity contribution in [1.82, 2.24) is 15.0 Å². The van der Waals surface area contributed by atoms with Crippen LogP contribution < -0.4 is 9.47 Å². The zero-order chi connectivity index (χ0) is 20.4. The van der Waals surface area contributed by atoms with Crippen molar-refractivity contribution in [2.75, 3.05) is 14.2 Å². The molecule has 8 heteroatoms. The number of aromatic nitrogens is 2. The smallest absolute Gasteiger partial charge is 0.249 e. The number of halogens is 1. The molecule has 2 aromatic carbocycles. The third-order valence-corrected chi connectivity index (χ3v) is 5.46. The van der Waals surface area contributed by atoms with Crippen LogP contribution in [0, 0.1) is 0 Å². The molecule has 0 bridgehead atoms. The molecule has 1 amide bonds. The molecule has 0 saturated carbocycles. The Labute approximate surface area is 176 Å². The van der Waals surface area contributed by atoms with E-state index in [4.69, 9.17) is 14.0 Å². The van der Waals surface area contributed by atoms with Crippen LogP contribution in [-0.2, 0) is 11.3 Å². The zero-order valence-electron chi connectivity index (χ0n) is 16.1. The first-order chi connectivity index (χ1) is 14.1. The highest BCUT2D eigenvalue weighted by molar-refractivity contribution is 9.10. The lowest BCUT2D eigenvalue weighted by molar-refractivity contribution is -0.129. The summed E-state index contributed by atoms with van der Waals surface area (Å²) >= 11 is 3.43. The van der Waals surface area contributed by atoms with Gasteiger partial charge in [-0.2, -0.15) is 4.98 Å². The summed E-state index contributed by atoms with van der Waals surface area (Å²) in [4.78, 5) is 18.8. The molecule has 0 N–H and O–H groups in total. The Bertz CT molecular complexity index is 997. The van der Waals surface area contributed by atoms with E-state index in [0.717, 1.165) is 15.6 Å². The summed E-state index contributed by atoms with van der Waals surface area (Å²) in [6.07, 6.45) is 1.12. The van der Waals surface area contributed by atoms with Crippen LogP contribution in [-0.4, -0.2) is 35.2 Å². The Morgan fingerprint density at radius 1 is 1.14 bits per heavy atom. The van der Waals surface area contributed by atoms with E-state index in [0.29, 0.717) is 42.6 Å². The lowest BCUT2D eigenvalue weighted by Gasteiger charge is -2.22. The quantitative estimate of drug-likeness (QED) is 0.546. The summed E-state index contributed by atoms with van der Waals surface area (Å²) in [6.45, 7) is 0.501. The largest absolute Gasteiger partial charge is 0.497 e. The standard InChI is InChI=1S/C21H20BrN3O4/c1-27-16-9-14(10-17(11-16)28-2)20-23-21(29-24-20)18-7-8-19(26)25(18)12-13-3-5-15(22)6-4-13/h3-6,9-11,18H,7-8,12H2,1-2H3. The van der Waals surface area contributed by atoms with Gasteiger partial charge in [-0.15, -0.1) is 0 Å². The van der Waals surface area contributed by atoms with Crippen molar-refractivity contribution in [3.63, 3.8) is 0 Å². The number of methoxy groups -OCH3 is 2. The molecule has 150 valence electrons. The molecule has 1 unspecified atom stereocenters. The van der Waals surface area contributed by atoms with Crippen molar-refractivity contribution in [2.24, 2.45) is 0 Å². The van der Waals surface area contributed by atoms with Gasteiger partial charge in [0.15, 0.2) is 0 Å². The third kappa shape index (κ3) is 4.12. The van der Waals surface area contributed by atoms with Gasteiger partial charge in [0.1, 0.15) is 17.5 Å². The van der Waals surface area contributed by atoms with Gasteiger partial charge >= 0.3 is 0 Å². The highest BCUT2D eigenvalue weighted by Gasteiger charge is 2.36. The Morgan fingerprint density at radius 2 is 1.83 bits per heavy atom. The van der Waals surface area contributed by atoms with E-state index in [9.17, 15) is 4.79 Å². The molecule has 0 radical (unpaired) electrons. The van der Waals surface area contributed by atoms with Gasteiger partial charge in [0, 0.05) is 29.1 Å². The number of benzene rings is 2. The number of ether oxygens (including phenoxy) is 2. The molecule has 1 aromatic heterocycles. The topological polar surface area (TPSA) is 77.7 Å². The van der Waals surface area contributed by atoms with Crippen molar-refractivity contribution in [2.45, 2.75) is 25.4 Å². The molecule has 1 aliphatic heterocycles. The Balaban J connectivity index is 1.59. The van der Waals surface area contributed by atoms with Crippen LogP contribution >= 0.6 is 15.9 Å². The minimum Gasteiger partial charge on any atom is -0.497 e. The number of nitrogens with zero attached hydrogens (tertiary/aromatic N) is 3. The summed E-state index contributed by atoms with van der Waals surface area (Å²) in [6, 6.07) is 13.1. The van der Waals surface area contributed by atoms with Crippen LogP contribution in [0.15, 0.2) is 51.5 Å². The first-order valence-electron chi connectivity index (χ1n) is 9.18.